The van der Waals surface area contributed by atoms with Gasteiger partial charge in [0.25, 0.3) is 17.6 Å². The molecule has 8 nitrogen and oxygen atoms in total. The Labute approximate surface area is 165 Å². The third kappa shape index (κ3) is 3.65. The molecule has 0 radical (unpaired) electrons. The lowest BCUT2D eigenvalue weighted by Gasteiger charge is -2.12. The number of carbonyl (C=O) groups is 2. The van der Waals surface area contributed by atoms with Gasteiger partial charge in [0.15, 0.2) is 0 Å². The van der Waals surface area contributed by atoms with Gasteiger partial charge in [0, 0.05) is 16.0 Å². The molecule has 0 saturated carbocycles. The van der Waals surface area contributed by atoms with Crippen LogP contribution >= 0.6 is 11.3 Å². The lowest BCUT2D eigenvalue weighted by molar-refractivity contribution is -0.146. The zero-order valence-corrected chi connectivity index (χ0v) is 15.6. The van der Waals surface area contributed by atoms with E-state index in [1.165, 1.54) is 0 Å². The summed E-state index contributed by atoms with van der Waals surface area (Å²) in [6, 6.07) is 0. The largest absolute Gasteiger partial charge is 0.478 e. The minimum absolute atomic E-state index is 0.0471. The number of anilines is 1. The number of alkyl halides is 3. The second-order valence-corrected chi connectivity index (χ2v) is 7.61. The maximum Gasteiger partial charge on any atom is 0.455 e. The minimum Gasteiger partial charge on any atom is -0.478 e. The van der Waals surface area contributed by atoms with Crippen LogP contribution < -0.4 is 5.32 Å². The van der Waals surface area contributed by atoms with Crippen molar-refractivity contribution in [2.45, 2.75) is 38.5 Å². The number of halogens is 3. The van der Waals surface area contributed by atoms with E-state index >= 15 is 0 Å². The van der Waals surface area contributed by atoms with Gasteiger partial charge in [-0.1, -0.05) is 5.16 Å². The molecule has 2 N–H and O–H groups in total. The number of carboxylic acids is 1. The van der Waals surface area contributed by atoms with Crippen LogP contribution in [0.3, 0.4) is 0 Å². The summed E-state index contributed by atoms with van der Waals surface area (Å²) >= 11 is 1.13. The number of nitrogens with one attached hydrogen (secondary N) is 1. The van der Waals surface area contributed by atoms with Crippen LogP contribution in [-0.4, -0.2) is 33.7 Å². The summed E-state index contributed by atoms with van der Waals surface area (Å²) < 4.78 is 48.9. The van der Waals surface area contributed by atoms with E-state index in [0.29, 0.717) is 37.9 Å². The molecule has 3 heterocycles. The highest BCUT2D eigenvalue weighted by Crippen LogP contribution is 2.43. The Morgan fingerprint density at radius 2 is 1.93 bits per heavy atom. The highest BCUT2D eigenvalue weighted by molar-refractivity contribution is 7.17. The topological polar surface area (TPSA) is 115 Å². The molecule has 2 aromatic heterocycles. The number of rotatable bonds is 4. The molecular weight excluding hydrogens is 415 g/mol. The van der Waals surface area contributed by atoms with Crippen LogP contribution in [0, 0.1) is 0 Å². The Kier molecular flexibility index (Phi) is 4.90. The zero-order chi connectivity index (χ0) is 20.8. The molecule has 12 heteroatoms. The summed E-state index contributed by atoms with van der Waals surface area (Å²) in [6.45, 7) is 0.602. The van der Waals surface area contributed by atoms with E-state index < -0.39 is 23.9 Å². The second-order valence-electron chi connectivity index (χ2n) is 6.50. The third-order valence-corrected chi connectivity index (χ3v) is 5.81. The molecule has 0 bridgehead atoms. The highest BCUT2D eigenvalue weighted by atomic mass is 32.1. The van der Waals surface area contributed by atoms with Crippen molar-refractivity contribution < 1.29 is 37.1 Å². The van der Waals surface area contributed by atoms with E-state index in [4.69, 9.17) is 9.26 Å². The van der Waals surface area contributed by atoms with Gasteiger partial charge in [-0.25, -0.2) is 4.79 Å². The second kappa shape index (κ2) is 7.26. The molecule has 154 valence electrons. The van der Waals surface area contributed by atoms with Gasteiger partial charge < -0.3 is 19.7 Å². The number of aromatic nitrogens is 2. The number of hydrogen-bond acceptors (Lipinski definition) is 7. The molecule has 0 spiro atoms. The fourth-order valence-electron chi connectivity index (χ4n) is 3.40. The van der Waals surface area contributed by atoms with Crippen LogP contribution in [0.1, 0.15) is 35.5 Å². The number of thiophene rings is 1. The maximum absolute atomic E-state index is 12.9. The normalized spacial score (nSPS) is 16.8. The predicted molar refractivity (Wildman–Crippen MR) is 93.1 cm³/mol. The van der Waals surface area contributed by atoms with E-state index in [9.17, 15) is 27.9 Å². The first kappa shape index (κ1) is 19.6. The summed E-state index contributed by atoms with van der Waals surface area (Å²) in [5.41, 5.74) is 1.10. The number of amides is 1. The number of nitrogens with zero attached hydrogens (tertiary/aromatic N) is 2. The van der Waals surface area contributed by atoms with Crippen molar-refractivity contribution in [3.05, 3.63) is 27.4 Å². The lowest BCUT2D eigenvalue weighted by Crippen LogP contribution is -2.16. The van der Waals surface area contributed by atoms with E-state index in [0.717, 1.165) is 16.2 Å². The third-order valence-electron chi connectivity index (χ3n) is 4.69. The monoisotopic (exact) mass is 429 g/mol. The van der Waals surface area contributed by atoms with E-state index in [1.807, 2.05) is 0 Å². The van der Waals surface area contributed by atoms with Crippen molar-refractivity contribution in [1.29, 1.82) is 0 Å². The van der Waals surface area contributed by atoms with Crippen LogP contribution in [0.4, 0.5) is 18.2 Å². The van der Waals surface area contributed by atoms with E-state index in [2.05, 4.69) is 15.5 Å². The van der Waals surface area contributed by atoms with Crippen LogP contribution in [0.5, 0.6) is 0 Å². The van der Waals surface area contributed by atoms with Crippen LogP contribution in [0.2, 0.25) is 0 Å². The van der Waals surface area contributed by atoms with Crippen molar-refractivity contribution >= 4 is 28.2 Å². The Morgan fingerprint density at radius 1 is 1.17 bits per heavy atom. The number of hydrogen-bond donors (Lipinski definition) is 2. The van der Waals surface area contributed by atoms with Crippen molar-refractivity contribution in [3.63, 3.8) is 0 Å². The van der Waals surface area contributed by atoms with Crippen molar-refractivity contribution in [1.82, 2.24) is 10.1 Å². The van der Waals surface area contributed by atoms with E-state index in [-0.39, 0.29) is 34.2 Å². The van der Waals surface area contributed by atoms with Gasteiger partial charge in [0.05, 0.1) is 18.8 Å². The van der Waals surface area contributed by atoms with Crippen molar-refractivity contribution in [3.8, 4) is 11.5 Å². The Morgan fingerprint density at radius 3 is 2.62 bits per heavy atom. The molecule has 1 amide bonds. The Bertz CT molecular complexity index is 1020. The van der Waals surface area contributed by atoms with Gasteiger partial charge in [-0.3, -0.25) is 4.79 Å². The summed E-state index contributed by atoms with van der Waals surface area (Å²) in [5, 5.41) is 15.1. The van der Waals surface area contributed by atoms with Gasteiger partial charge in [0.1, 0.15) is 5.00 Å². The molecule has 1 aliphatic carbocycles. The first-order valence-electron chi connectivity index (χ1n) is 8.66. The summed E-state index contributed by atoms with van der Waals surface area (Å²) in [7, 11) is 0. The Hall–Kier alpha value is -2.73. The van der Waals surface area contributed by atoms with Gasteiger partial charge in [-0.2, -0.15) is 18.2 Å². The van der Waals surface area contributed by atoms with Crippen molar-refractivity contribution in [2.75, 3.05) is 11.9 Å². The smallest absolute Gasteiger partial charge is 0.455 e. The van der Waals surface area contributed by atoms with Gasteiger partial charge in [-0.05, 0) is 31.2 Å². The van der Waals surface area contributed by atoms with Crippen LogP contribution in [-0.2, 0) is 33.5 Å². The Balaban J connectivity index is 1.73. The molecular formula is C17H14F3N3O5S. The molecule has 2 aromatic rings. The number of carboxylic acid groups (broad SMARTS) is 1. The molecule has 0 aromatic carbocycles. The van der Waals surface area contributed by atoms with Crippen molar-refractivity contribution in [2.24, 2.45) is 0 Å². The van der Waals surface area contributed by atoms with Gasteiger partial charge >= 0.3 is 12.1 Å². The maximum atomic E-state index is 12.9. The first-order valence-corrected chi connectivity index (χ1v) is 9.47. The number of carbonyl (C=O) groups excluding carboxylic acids is 1. The standard InChI is InChI=1S/C17H14F3N3O5S/c18-17(19,20)16-22-13(28-23-16)11-9-4-5-27-6-10(9)29-14(11)21-12(24)7-2-1-3-8(7)15(25)26/h1-6H2,(H,21,24)(H,25,26). The fourth-order valence-corrected chi connectivity index (χ4v) is 4.57. The summed E-state index contributed by atoms with van der Waals surface area (Å²) in [6.07, 6.45) is -3.21. The molecule has 1 aliphatic heterocycles. The van der Waals surface area contributed by atoms with E-state index in [1.54, 1.807) is 0 Å². The molecule has 0 unspecified atom stereocenters. The molecule has 0 fully saturated rings. The molecule has 29 heavy (non-hydrogen) atoms. The lowest BCUT2D eigenvalue weighted by atomic mass is 10.1. The average Bonchev–Trinajstić information content (AvgIpc) is 3.38. The summed E-state index contributed by atoms with van der Waals surface area (Å²) in [4.78, 5) is 28.2. The fraction of sp³-hybridized carbons (Fsp3) is 0.412. The number of fused-ring (bicyclic) bond motifs is 1. The molecule has 4 rings (SSSR count). The SMILES string of the molecule is O=C(O)C1=C(C(=O)Nc2sc3c(c2-c2nc(C(F)(F)F)no2)CCOC3)CCC1. The molecule has 0 saturated heterocycles. The highest BCUT2D eigenvalue weighted by Gasteiger charge is 2.38. The van der Waals surface area contributed by atoms with Crippen LogP contribution in [0.15, 0.2) is 15.7 Å². The number of aliphatic carboxylic acids is 1. The average molecular weight is 429 g/mol. The zero-order valence-electron chi connectivity index (χ0n) is 14.8. The summed E-state index contributed by atoms with van der Waals surface area (Å²) in [5.74, 6) is -3.52. The number of ether oxygens (including phenoxy) is 1. The van der Waals surface area contributed by atoms with Gasteiger partial charge in [0.2, 0.25) is 0 Å². The molecule has 0 atom stereocenters. The first-order chi connectivity index (χ1) is 13.8. The minimum atomic E-state index is -4.77. The molecule has 2 aliphatic rings. The quantitative estimate of drug-likeness (QED) is 0.766. The van der Waals surface area contributed by atoms with Crippen LogP contribution in [0.25, 0.3) is 11.5 Å². The predicted octanol–water partition coefficient (Wildman–Crippen LogP) is 3.39. The van der Waals surface area contributed by atoms with Gasteiger partial charge in [-0.15, -0.1) is 11.3 Å².